The number of nitrogens with two attached hydrogens (primary N) is 1. The fraction of sp³-hybridized carbons (Fsp3) is 0.333. The Bertz CT molecular complexity index is 378. The lowest BCUT2D eigenvalue weighted by molar-refractivity contribution is -0.0713. The van der Waals surface area contributed by atoms with Crippen molar-refractivity contribution in [1.82, 2.24) is 0 Å². The summed E-state index contributed by atoms with van der Waals surface area (Å²) < 4.78 is 63.7. The molecule has 17 heavy (non-hydrogen) atoms. The number of hydrogen-bond acceptors (Lipinski definition) is 2. The van der Waals surface area contributed by atoms with Gasteiger partial charge in [-0.3, -0.25) is 0 Å². The highest BCUT2D eigenvalue weighted by Gasteiger charge is 2.38. The second-order valence-electron chi connectivity index (χ2n) is 3.20. The average molecular weight is 278 g/mol. The first-order chi connectivity index (χ1) is 7.29. The molecule has 1 aromatic carbocycles. The molecule has 0 amide bonds. The Labute approximate surface area is 99.6 Å². The second-order valence-corrected chi connectivity index (χ2v) is 3.20. The van der Waals surface area contributed by atoms with Gasteiger partial charge in [-0.15, -0.1) is 12.4 Å². The predicted molar refractivity (Wildman–Crippen MR) is 52.5 cm³/mol. The molecule has 0 bridgehead atoms. The summed E-state index contributed by atoms with van der Waals surface area (Å²) in [5.74, 6) is -8.72. The molecule has 0 saturated carbocycles. The van der Waals surface area contributed by atoms with Crippen LogP contribution in [-0.4, -0.2) is 17.6 Å². The van der Waals surface area contributed by atoms with E-state index in [4.69, 9.17) is 10.8 Å². The highest BCUT2D eigenvalue weighted by atomic mass is 35.5. The molecule has 98 valence electrons. The van der Waals surface area contributed by atoms with Gasteiger partial charge in [-0.05, 0) is 17.7 Å². The van der Waals surface area contributed by atoms with Gasteiger partial charge in [0.15, 0.2) is 17.5 Å². The van der Waals surface area contributed by atoms with Gasteiger partial charge in [-0.1, -0.05) is 0 Å². The van der Waals surface area contributed by atoms with Crippen molar-refractivity contribution in [3.8, 4) is 0 Å². The summed E-state index contributed by atoms with van der Waals surface area (Å²) in [5.41, 5.74) is 4.38. The van der Waals surface area contributed by atoms with Crippen LogP contribution in [0.3, 0.4) is 0 Å². The van der Waals surface area contributed by atoms with E-state index in [-0.39, 0.29) is 12.4 Å². The number of rotatable bonds is 3. The maximum absolute atomic E-state index is 12.9. The minimum absolute atomic E-state index is 0. The molecule has 0 radical (unpaired) electrons. The quantitative estimate of drug-likeness (QED) is 0.657. The number of aliphatic hydroxyl groups excluding tert-OH is 1. The van der Waals surface area contributed by atoms with E-state index < -0.39 is 41.6 Å². The van der Waals surface area contributed by atoms with Gasteiger partial charge >= 0.3 is 0 Å². The number of aliphatic hydroxyl groups is 1. The fourth-order valence-corrected chi connectivity index (χ4v) is 1.10. The highest BCUT2D eigenvalue weighted by Crippen LogP contribution is 2.30. The van der Waals surface area contributed by atoms with Crippen LogP contribution in [0.1, 0.15) is 11.6 Å². The minimum Gasteiger partial charge on any atom is -0.390 e. The lowest BCUT2D eigenvalue weighted by Gasteiger charge is -2.21. The van der Waals surface area contributed by atoms with E-state index >= 15 is 0 Å². The van der Waals surface area contributed by atoms with Gasteiger partial charge in [-0.25, -0.2) is 22.0 Å². The molecule has 0 unspecified atom stereocenters. The summed E-state index contributed by atoms with van der Waals surface area (Å²) in [6.07, 6.45) is 0. The standard InChI is InChI=1S/C9H8F5NO.ClH/c10-5-1-4(2-6(11)7(5)12)8(15)9(13,14)3-16;/h1-2,8,16H,3,15H2;1H/t8-;/m0./s1. The Morgan fingerprint density at radius 2 is 1.59 bits per heavy atom. The molecule has 1 rings (SSSR count). The van der Waals surface area contributed by atoms with Gasteiger partial charge in [-0.2, -0.15) is 0 Å². The molecule has 2 nitrogen and oxygen atoms in total. The van der Waals surface area contributed by atoms with E-state index in [9.17, 15) is 22.0 Å². The van der Waals surface area contributed by atoms with Gasteiger partial charge in [0.05, 0.1) is 6.04 Å². The summed E-state index contributed by atoms with van der Waals surface area (Å²) in [5, 5.41) is 8.33. The zero-order chi connectivity index (χ0) is 12.5. The Morgan fingerprint density at radius 3 is 1.94 bits per heavy atom. The van der Waals surface area contributed by atoms with Crippen molar-refractivity contribution in [2.75, 3.05) is 6.61 Å². The van der Waals surface area contributed by atoms with Gasteiger partial charge in [0, 0.05) is 0 Å². The lowest BCUT2D eigenvalue weighted by Crippen LogP contribution is -2.36. The first-order valence-corrected chi connectivity index (χ1v) is 4.18. The Balaban J connectivity index is 0.00000256. The summed E-state index contributed by atoms with van der Waals surface area (Å²) in [7, 11) is 0. The minimum atomic E-state index is -3.74. The molecule has 0 aromatic heterocycles. The summed E-state index contributed by atoms with van der Waals surface area (Å²) in [4.78, 5) is 0. The molecule has 3 N–H and O–H groups in total. The molecule has 0 saturated heterocycles. The first-order valence-electron chi connectivity index (χ1n) is 4.18. The van der Waals surface area contributed by atoms with Crippen LogP contribution < -0.4 is 5.73 Å². The molecule has 1 aromatic rings. The Morgan fingerprint density at radius 1 is 1.18 bits per heavy atom. The number of hydrogen-bond donors (Lipinski definition) is 2. The van der Waals surface area contributed by atoms with Crippen molar-refractivity contribution >= 4 is 12.4 Å². The fourth-order valence-electron chi connectivity index (χ4n) is 1.10. The summed E-state index contributed by atoms with van der Waals surface area (Å²) >= 11 is 0. The predicted octanol–water partition coefficient (Wildman–Crippen LogP) is 2.15. The molecule has 8 heteroatoms. The van der Waals surface area contributed by atoms with Crippen LogP contribution in [-0.2, 0) is 0 Å². The van der Waals surface area contributed by atoms with Gasteiger partial charge < -0.3 is 10.8 Å². The van der Waals surface area contributed by atoms with Crippen LogP contribution in [0, 0.1) is 17.5 Å². The van der Waals surface area contributed by atoms with Crippen molar-refractivity contribution in [2.24, 2.45) is 5.73 Å². The second kappa shape index (κ2) is 5.61. The van der Waals surface area contributed by atoms with Crippen LogP contribution in [0.5, 0.6) is 0 Å². The third kappa shape index (κ3) is 3.27. The molecule has 0 aliphatic heterocycles. The smallest absolute Gasteiger partial charge is 0.289 e. The maximum Gasteiger partial charge on any atom is 0.289 e. The number of alkyl halides is 2. The number of halogens is 6. The molecular weight excluding hydrogens is 269 g/mol. The van der Waals surface area contributed by atoms with Crippen molar-refractivity contribution in [3.05, 3.63) is 35.1 Å². The molecule has 0 aliphatic rings. The highest BCUT2D eigenvalue weighted by molar-refractivity contribution is 5.85. The van der Waals surface area contributed by atoms with Gasteiger partial charge in [0.25, 0.3) is 5.92 Å². The largest absolute Gasteiger partial charge is 0.390 e. The van der Waals surface area contributed by atoms with E-state index in [1.54, 1.807) is 0 Å². The summed E-state index contributed by atoms with van der Waals surface area (Å²) in [6.45, 7) is -1.57. The monoisotopic (exact) mass is 277 g/mol. The first kappa shape index (κ1) is 16.1. The Hall–Kier alpha value is -0.920. The van der Waals surface area contributed by atoms with E-state index in [0.717, 1.165) is 0 Å². The van der Waals surface area contributed by atoms with Gasteiger partial charge in [0.1, 0.15) is 6.61 Å². The Kier molecular flexibility index (Phi) is 5.31. The molecular formula is C9H9ClF5NO. The summed E-state index contributed by atoms with van der Waals surface area (Å²) in [6, 6.07) is -1.37. The van der Waals surface area contributed by atoms with Crippen LogP contribution in [0.2, 0.25) is 0 Å². The van der Waals surface area contributed by atoms with Crippen LogP contribution in [0.15, 0.2) is 12.1 Å². The molecule has 0 fully saturated rings. The van der Waals surface area contributed by atoms with Crippen LogP contribution in [0.25, 0.3) is 0 Å². The third-order valence-corrected chi connectivity index (χ3v) is 2.03. The molecule has 0 heterocycles. The van der Waals surface area contributed by atoms with Crippen LogP contribution >= 0.6 is 12.4 Å². The molecule has 0 aliphatic carbocycles. The zero-order valence-corrected chi connectivity index (χ0v) is 9.08. The van der Waals surface area contributed by atoms with E-state index in [1.165, 1.54) is 0 Å². The molecule has 1 atom stereocenters. The van der Waals surface area contributed by atoms with Crippen LogP contribution in [0.4, 0.5) is 22.0 Å². The normalized spacial score (nSPS) is 13.1. The van der Waals surface area contributed by atoms with Crippen molar-refractivity contribution < 1.29 is 27.1 Å². The topological polar surface area (TPSA) is 46.2 Å². The lowest BCUT2D eigenvalue weighted by atomic mass is 10.0. The number of benzene rings is 1. The van der Waals surface area contributed by atoms with Crippen molar-refractivity contribution in [2.45, 2.75) is 12.0 Å². The van der Waals surface area contributed by atoms with E-state index in [2.05, 4.69) is 0 Å². The third-order valence-electron chi connectivity index (χ3n) is 2.03. The average Bonchev–Trinajstić information content (AvgIpc) is 2.24. The zero-order valence-electron chi connectivity index (χ0n) is 8.26. The van der Waals surface area contributed by atoms with Crippen molar-refractivity contribution in [1.29, 1.82) is 0 Å². The van der Waals surface area contributed by atoms with E-state index in [0.29, 0.717) is 12.1 Å². The molecule has 0 spiro atoms. The van der Waals surface area contributed by atoms with Crippen molar-refractivity contribution in [3.63, 3.8) is 0 Å². The van der Waals surface area contributed by atoms with E-state index in [1.807, 2.05) is 0 Å². The SMILES string of the molecule is Cl.N[C@@H](c1cc(F)c(F)c(F)c1)C(F)(F)CO. The van der Waals surface area contributed by atoms with Gasteiger partial charge in [0.2, 0.25) is 0 Å². The maximum atomic E-state index is 12.9.